The third-order valence-electron chi connectivity index (χ3n) is 3.59. The fourth-order valence-corrected chi connectivity index (χ4v) is 2.25. The maximum Gasteiger partial charge on any atom is 0.326 e. The first-order valence-corrected chi connectivity index (χ1v) is 7.40. The number of hydrogen-bond donors (Lipinski definition) is 3. The molecule has 0 heterocycles. The van der Waals surface area contributed by atoms with Crippen LogP contribution < -0.4 is 5.32 Å². The predicted molar refractivity (Wildman–Crippen MR) is 85.8 cm³/mol. The third kappa shape index (κ3) is 4.13. The highest BCUT2D eigenvalue weighted by molar-refractivity contribution is 5.97. The van der Waals surface area contributed by atoms with Crippen molar-refractivity contribution < 1.29 is 37.4 Å². The van der Waals surface area contributed by atoms with E-state index >= 15 is 0 Å². The number of carboxylic acids is 1. The van der Waals surface area contributed by atoms with Gasteiger partial charge in [0.05, 0.1) is 0 Å². The van der Waals surface area contributed by atoms with Crippen molar-refractivity contribution in [2.75, 3.05) is 0 Å². The highest BCUT2D eigenvalue weighted by Crippen LogP contribution is 2.30. The average Bonchev–Trinajstić information content (AvgIpc) is 2.65. The summed E-state index contributed by atoms with van der Waals surface area (Å²) < 4.78 is 55.5. The van der Waals surface area contributed by atoms with Gasteiger partial charge in [0.1, 0.15) is 23.0 Å². The number of carbonyl (C=O) groups is 2. The van der Waals surface area contributed by atoms with Crippen LogP contribution in [0.25, 0.3) is 10.4 Å². The van der Waals surface area contributed by atoms with Crippen molar-refractivity contribution in [3.8, 4) is 5.75 Å². The van der Waals surface area contributed by atoms with Gasteiger partial charge >= 0.3 is 5.97 Å². The normalized spacial score (nSPS) is 11.4. The molecule has 1 atom stereocenters. The van der Waals surface area contributed by atoms with E-state index < -0.39 is 52.4 Å². The van der Waals surface area contributed by atoms with E-state index in [1.165, 1.54) is 24.3 Å². The van der Waals surface area contributed by atoms with Gasteiger partial charge < -0.3 is 15.5 Å². The van der Waals surface area contributed by atoms with Crippen molar-refractivity contribution in [3.63, 3.8) is 0 Å². The molecule has 0 aromatic heterocycles. The van der Waals surface area contributed by atoms with Gasteiger partial charge in [0, 0.05) is 11.3 Å². The van der Waals surface area contributed by atoms with Gasteiger partial charge in [0.25, 0.3) is 5.91 Å². The highest BCUT2D eigenvalue weighted by Gasteiger charge is 2.31. The Labute approximate surface area is 153 Å². The molecule has 8 nitrogen and oxygen atoms in total. The molecular formula is C16H10F4N4O4. The van der Waals surface area contributed by atoms with Crippen LogP contribution in [0.15, 0.2) is 29.4 Å². The molecule has 1 amide bonds. The van der Waals surface area contributed by atoms with Crippen LogP contribution in [0.2, 0.25) is 0 Å². The summed E-state index contributed by atoms with van der Waals surface area (Å²) in [5.41, 5.74) is 5.21. The number of amides is 1. The molecule has 0 bridgehead atoms. The second-order valence-corrected chi connectivity index (χ2v) is 5.40. The Hall–Kier alpha value is -3.79. The molecule has 0 saturated heterocycles. The standard InChI is InChI=1S/C16H10F4N4O4/c17-10-9(11(18)13(20)14(12(10)19)23-24-21)15(26)22-8(16(27)28)5-6-1-3-7(25)4-2-6/h1-4,8,25H,5H2,(H,22,26)(H,27,28)/t8-/m0/s1. The number of halogens is 4. The summed E-state index contributed by atoms with van der Waals surface area (Å²) >= 11 is 0. The fourth-order valence-electron chi connectivity index (χ4n) is 2.25. The van der Waals surface area contributed by atoms with Crippen molar-refractivity contribution in [2.45, 2.75) is 12.5 Å². The number of azide groups is 1. The molecule has 0 fully saturated rings. The maximum atomic E-state index is 14.0. The van der Waals surface area contributed by atoms with E-state index in [9.17, 15) is 37.4 Å². The number of rotatable bonds is 6. The molecule has 2 aromatic rings. The van der Waals surface area contributed by atoms with Crippen LogP contribution in [0, 0.1) is 23.3 Å². The van der Waals surface area contributed by atoms with Crippen LogP contribution in [0.1, 0.15) is 15.9 Å². The number of hydrogen-bond acceptors (Lipinski definition) is 4. The zero-order chi connectivity index (χ0) is 21.0. The van der Waals surface area contributed by atoms with Crippen LogP contribution in [0.4, 0.5) is 23.2 Å². The van der Waals surface area contributed by atoms with Crippen molar-refractivity contribution in [1.29, 1.82) is 0 Å². The molecule has 12 heteroatoms. The Morgan fingerprint density at radius 3 is 2.07 bits per heavy atom. The SMILES string of the molecule is [N-]=[N+]=Nc1c(F)c(F)c(C(=O)N[C@@H](Cc2ccc(O)cc2)C(=O)O)c(F)c1F. The topological polar surface area (TPSA) is 135 Å². The Morgan fingerprint density at radius 2 is 1.61 bits per heavy atom. The number of benzene rings is 2. The average molecular weight is 398 g/mol. The smallest absolute Gasteiger partial charge is 0.326 e. The predicted octanol–water partition coefficient (Wildman–Crippen LogP) is 3.32. The summed E-state index contributed by atoms with van der Waals surface area (Å²) in [6.07, 6.45) is -0.355. The van der Waals surface area contributed by atoms with E-state index in [1.807, 2.05) is 4.91 Å². The minimum atomic E-state index is -2.15. The lowest BCUT2D eigenvalue weighted by Crippen LogP contribution is -2.43. The van der Waals surface area contributed by atoms with Gasteiger partial charge in [-0.15, -0.1) is 0 Å². The van der Waals surface area contributed by atoms with Gasteiger partial charge in [-0.1, -0.05) is 17.2 Å². The van der Waals surface area contributed by atoms with Crippen LogP contribution in [0.3, 0.4) is 0 Å². The first-order valence-electron chi connectivity index (χ1n) is 7.40. The lowest BCUT2D eigenvalue weighted by atomic mass is 10.0. The van der Waals surface area contributed by atoms with Crippen molar-refractivity contribution in [3.05, 3.63) is 69.1 Å². The molecule has 0 aliphatic rings. The summed E-state index contributed by atoms with van der Waals surface area (Å²) in [4.78, 5) is 25.4. The minimum Gasteiger partial charge on any atom is -0.508 e. The number of phenolic OH excluding ortho intramolecular Hbond substituents is 1. The van der Waals surface area contributed by atoms with E-state index in [-0.39, 0.29) is 12.2 Å². The van der Waals surface area contributed by atoms with Crippen LogP contribution in [-0.4, -0.2) is 28.1 Å². The lowest BCUT2D eigenvalue weighted by molar-refractivity contribution is -0.139. The quantitative estimate of drug-likeness (QED) is 0.226. The van der Waals surface area contributed by atoms with Crippen molar-refractivity contribution in [1.82, 2.24) is 5.32 Å². The Morgan fingerprint density at radius 1 is 1.07 bits per heavy atom. The van der Waals surface area contributed by atoms with E-state index in [0.717, 1.165) is 0 Å². The molecule has 0 unspecified atom stereocenters. The second-order valence-electron chi connectivity index (χ2n) is 5.40. The molecule has 0 aliphatic carbocycles. The Bertz CT molecular complexity index is 962. The zero-order valence-electron chi connectivity index (χ0n) is 13.7. The zero-order valence-corrected chi connectivity index (χ0v) is 13.7. The number of phenols is 1. The lowest BCUT2D eigenvalue weighted by Gasteiger charge is -2.16. The molecule has 0 saturated carbocycles. The largest absolute Gasteiger partial charge is 0.508 e. The summed E-state index contributed by atoms with van der Waals surface area (Å²) in [6.45, 7) is 0. The van der Waals surface area contributed by atoms with Crippen LogP contribution in [0.5, 0.6) is 5.75 Å². The van der Waals surface area contributed by atoms with E-state index in [2.05, 4.69) is 5.11 Å². The number of nitrogens with one attached hydrogen (secondary N) is 1. The van der Waals surface area contributed by atoms with E-state index in [0.29, 0.717) is 5.56 Å². The number of aliphatic carboxylic acids is 1. The van der Waals surface area contributed by atoms with E-state index in [1.54, 1.807) is 5.32 Å². The molecule has 28 heavy (non-hydrogen) atoms. The van der Waals surface area contributed by atoms with Gasteiger partial charge in [0.2, 0.25) is 0 Å². The molecule has 3 N–H and O–H groups in total. The first kappa shape index (κ1) is 20.5. The van der Waals surface area contributed by atoms with E-state index in [4.69, 9.17) is 5.53 Å². The molecule has 2 aromatic carbocycles. The number of nitrogens with zero attached hydrogens (tertiary/aromatic N) is 3. The third-order valence-corrected chi connectivity index (χ3v) is 3.59. The van der Waals surface area contributed by atoms with Gasteiger partial charge in [-0.2, -0.15) is 0 Å². The molecule has 146 valence electrons. The Kier molecular flexibility index (Phi) is 6.06. The first-order chi connectivity index (χ1) is 13.2. The van der Waals surface area contributed by atoms with Gasteiger partial charge in [0.15, 0.2) is 23.3 Å². The monoisotopic (exact) mass is 398 g/mol. The molecule has 0 radical (unpaired) electrons. The molecule has 0 spiro atoms. The summed E-state index contributed by atoms with van der Waals surface area (Å²) in [7, 11) is 0. The van der Waals surface area contributed by atoms with Crippen LogP contribution in [-0.2, 0) is 11.2 Å². The number of carboxylic acid groups (broad SMARTS) is 1. The number of aromatic hydroxyl groups is 1. The maximum absolute atomic E-state index is 14.0. The van der Waals surface area contributed by atoms with Gasteiger partial charge in [-0.05, 0) is 23.2 Å². The van der Waals surface area contributed by atoms with Crippen molar-refractivity contribution in [2.24, 2.45) is 5.11 Å². The van der Waals surface area contributed by atoms with Crippen molar-refractivity contribution >= 4 is 17.6 Å². The summed E-state index contributed by atoms with van der Waals surface area (Å²) in [6, 6.07) is 3.46. The summed E-state index contributed by atoms with van der Waals surface area (Å²) in [5.74, 6) is -11.9. The van der Waals surface area contributed by atoms with Gasteiger partial charge in [-0.3, -0.25) is 4.79 Å². The number of carbonyl (C=O) groups excluding carboxylic acids is 1. The van der Waals surface area contributed by atoms with Crippen LogP contribution >= 0.6 is 0 Å². The molecule has 2 rings (SSSR count). The minimum absolute atomic E-state index is 0.102. The summed E-state index contributed by atoms with van der Waals surface area (Å²) in [5, 5.41) is 22.6. The second kappa shape index (κ2) is 8.27. The highest BCUT2D eigenvalue weighted by atomic mass is 19.2. The fraction of sp³-hybridized carbons (Fsp3) is 0.125. The Balaban J connectivity index is 2.37. The van der Waals surface area contributed by atoms with Gasteiger partial charge in [-0.25, -0.2) is 22.4 Å². The molecule has 0 aliphatic heterocycles. The molecular weight excluding hydrogens is 388 g/mol.